The molecule has 0 spiro atoms. The van der Waals surface area contributed by atoms with E-state index in [0.29, 0.717) is 5.92 Å². The summed E-state index contributed by atoms with van der Waals surface area (Å²) in [4.78, 5) is 4.74. The van der Waals surface area contributed by atoms with Crippen molar-refractivity contribution in [3.63, 3.8) is 0 Å². The molecule has 1 aliphatic carbocycles. The smallest absolute Gasteiger partial charge is 0.0991 e. The summed E-state index contributed by atoms with van der Waals surface area (Å²) in [6.45, 7) is 0. The molecule has 108 valence electrons. The molecule has 0 aliphatic heterocycles. The number of nitrogens with zero attached hydrogens (tertiary/aromatic N) is 2. The number of hydrogen-bond donors (Lipinski definition) is 0. The Hall–Kier alpha value is -2.18. The molecular formula is C19H16N2S. The fourth-order valence-corrected chi connectivity index (χ4v) is 4.34. The van der Waals surface area contributed by atoms with Gasteiger partial charge in [-0.25, -0.2) is 4.98 Å². The number of rotatable bonds is 3. The second-order valence-corrected chi connectivity index (χ2v) is 7.16. The molecule has 1 aromatic heterocycles. The quantitative estimate of drug-likeness (QED) is 0.689. The van der Waals surface area contributed by atoms with Crippen molar-refractivity contribution in [1.29, 1.82) is 5.26 Å². The maximum absolute atomic E-state index is 8.85. The summed E-state index contributed by atoms with van der Waals surface area (Å²) in [5.74, 6) is 1.41. The van der Waals surface area contributed by atoms with Crippen LogP contribution < -0.4 is 0 Å². The molecule has 2 nitrogen and oxygen atoms in total. The van der Waals surface area contributed by atoms with E-state index in [9.17, 15) is 0 Å². The van der Waals surface area contributed by atoms with Crippen LogP contribution in [0.1, 0.15) is 34.9 Å². The van der Waals surface area contributed by atoms with E-state index in [2.05, 4.69) is 42.5 Å². The lowest BCUT2D eigenvalue weighted by molar-refractivity contribution is 0.262. The maximum atomic E-state index is 8.85. The minimum absolute atomic E-state index is 0.659. The average Bonchev–Trinajstić information content (AvgIpc) is 2.93. The molecule has 0 radical (unpaired) electrons. The number of fused-ring (bicyclic) bond motifs is 1. The van der Waals surface area contributed by atoms with E-state index in [4.69, 9.17) is 10.2 Å². The summed E-state index contributed by atoms with van der Waals surface area (Å²) < 4.78 is 1.29. The second-order valence-electron chi connectivity index (χ2n) is 6.05. The molecule has 0 saturated heterocycles. The predicted molar refractivity (Wildman–Crippen MR) is 89.9 cm³/mol. The third-order valence-electron chi connectivity index (χ3n) is 4.55. The zero-order valence-corrected chi connectivity index (χ0v) is 13.0. The third kappa shape index (κ3) is 2.51. The highest BCUT2D eigenvalue weighted by molar-refractivity contribution is 7.18. The molecule has 1 fully saturated rings. The number of benzene rings is 2. The van der Waals surface area contributed by atoms with Gasteiger partial charge in [-0.15, -0.1) is 11.3 Å². The van der Waals surface area contributed by atoms with E-state index in [1.807, 2.05) is 23.5 Å². The first-order valence-electron chi connectivity index (χ1n) is 7.66. The Kier molecular flexibility index (Phi) is 3.40. The number of thiazole rings is 1. The molecule has 4 rings (SSSR count). The molecule has 2 aromatic carbocycles. The van der Waals surface area contributed by atoms with Crippen LogP contribution in [0.3, 0.4) is 0 Å². The molecule has 1 heterocycles. The Bertz CT molecular complexity index is 803. The minimum Gasteiger partial charge on any atom is -0.241 e. The Morgan fingerprint density at radius 1 is 1.09 bits per heavy atom. The van der Waals surface area contributed by atoms with Gasteiger partial charge in [0, 0.05) is 6.42 Å². The number of hydrogen-bond acceptors (Lipinski definition) is 3. The summed E-state index contributed by atoms with van der Waals surface area (Å²) >= 11 is 1.83. The zero-order chi connectivity index (χ0) is 14.9. The number of aromatic nitrogens is 1. The van der Waals surface area contributed by atoms with Gasteiger partial charge in [-0.2, -0.15) is 5.26 Å². The van der Waals surface area contributed by atoms with E-state index >= 15 is 0 Å². The van der Waals surface area contributed by atoms with Crippen molar-refractivity contribution in [3.8, 4) is 6.07 Å². The van der Waals surface area contributed by atoms with Gasteiger partial charge in [0.2, 0.25) is 0 Å². The van der Waals surface area contributed by atoms with E-state index in [-0.39, 0.29) is 0 Å². The maximum Gasteiger partial charge on any atom is 0.0991 e. The average molecular weight is 304 g/mol. The highest BCUT2D eigenvalue weighted by Gasteiger charge is 2.30. The van der Waals surface area contributed by atoms with Gasteiger partial charge >= 0.3 is 0 Å². The molecule has 22 heavy (non-hydrogen) atoms. The fraction of sp³-hybridized carbons (Fsp3) is 0.263. The first-order chi connectivity index (χ1) is 10.8. The number of para-hydroxylation sites is 1. The van der Waals surface area contributed by atoms with Crippen molar-refractivity contribution in [2.75, 3.05) is 0 Å². The molecule has 3 aromatic rings. The molecule has 3 heteroatoms. The summed E-state index contributed by atoms with van der Waals surface area (Å²) in [6, 6.07) is 18.6. The molecule has 0 amide bonds. The summed E-state index contributed by atoms with van der Waals surface area (Å²) in [5, 5.41) is 10.1. The lowest BCUT2D eigenvalue weighted by Gasteiger charge is -2.35. The van der Waals surface area contributed by atoms with Crippen LogP contribution in [0.5, 0.6) is 0 Å². The van der Waals surface area contributed by atoms with Crippen molar-refractivity contribution in [2.24, 2.45) is 5.92 Å². The van der Waals surface area contributed by atoms with Crippen LogP contribution in [0.25, 0.3) is 10.2 Å². The minimum atomic E-state index is 0.659. The van der Waals surface area contributed by atoms with Gasteiger partial charge in [0.15, 0.2) is 0 Å². The molecule has 0 N–H and O–H groups in total. The van der Waals surface area contributed by atoms with Gasteiger partial charge in [-0.3, -0.25) is 0 Å². The summed E-state index contributed by atoms with van der Waals surface area (Å²) in [5.41, 5.74) is 3.25. The van der Waals surface area contributed by atoms with Gasteiger partial charge in [-0.1, -0.05) is 24.3 Å². The summed E-state index contributed by atoms with van der Waals surface area (Å²) in [7, 11) is 0. The predicted octanol–water partition coefficient (Wildman–Crippen LogP) is 4.90. The van der Waals surface area contributed by atoms with Crippen molar-refractivity contribution in [1.82, 2.24) is 4.98 Å². The van der Waals surface area contributed by atoms with Gasteiger partial charge in [0.1, 0.15) is 0 Å². The van der Waals surface area contributed by atoms with Crippen LogP contribution in [0, 0.1) is 17.2 Å². The Morgan fingerprint density at radius 2 is 1.86 bits per heavy atom. The van der Waals surface area contributed by atoms with E-state index in [0.717, 1.165) is 23.4 Å². The monoisotopic (exact) mass is 304 g/mol. The Morgan fingerprint density at radius 3 is 2.59 bits per heavy atom. The zero-order valence-electron chi connectivity index (χ0n) is 12.2. The van der Waals surface area contributed by atoms with Crippen molar-refractivity contribution < 1.29 is 0 Å². The van der Waals surface area contributed by atoms with E-state index < -0.39 is 0 Å². The summed E-state index contributed by atoms with van der Waals surface area (Å²) in [6.07, 6.45) is 3.58. The first-order valence-corrected chi connectivity index (χ1v) is 8.48. The lowest BCUT2D eigenvalue weighted by atomic mass is 9.70. The lowest BCUT2D eigenvalue weighted by Crippen LogP contribution is -2.23. The first kappa shape index (κ1) is 13.5. The highest BCUT2D eigenvalue weighted by atomic mass is 32.1. The molecule has 1 aliphatic rings. The highest BCUT2D eigenvalue weighted by Crippen LogP contribution is 2.43. The normalized spacial score (nSPS) is 20.5. The van der Waals surface area contributed by atoms with Gasteiger partial charge < -0.3 is 0 Å². The van der Waals surface area contributed by atoms with Crippen LogP contribution in [0.2, 0.25) is 0 Å². The molecule has 1 saturated carbocycles. The molecule has 0 atom stereocenters. The van der Waals surface area contributed by atoms with Crippen LogP contribution in [-0.4, -0.2) is 4.98 Å². The van der Waals surface area contributed by atoms with E-state index in [1.165, 1.54) is 28.1 Å². The Labute approximate surface area is 134 Å². The second kappa shape index (κ2) is 5.55. The number of nitriles is 1. The SMILES string of the molecule is N#Cc1ccc(C2CC(Cc3nc4ccccc4s3)C2)cc1. The van der Waals surface area contributed by atoms with Gasteiger partial charge in [0.05, 0.1) is 26.9 Å². The van der Waals surface area contributed by atoms with Gasteiger partial charge in [0.25, 0.3) is 0 Å². The van der Waals surface area contributed by atoms with Crippen molar-refractivity contribution >= 4 is 21.6 Å². The van der Waals surface area contributed by atoms with Crippen molar-refractivity contribution in [2.45, 2.75) is 25.2 Å². The van der Waals surface area contributed by atoms with Crippen molar-refractivity contribution in [3.05, 3.63) is 64.7 Å². The standard InChI is InChI=1S/C19H16N2S/c20-12-13-5-7-15(8-6-13)16-9-14(10-16)11-19-21-17-3-1-2-4-18(17)22-19/h1-8,14,16H,9-11H2. The van der Waals surface area contributed by atoms with Crippen LogP contribution in [0.15, 0.2) is 48.5 Å². The fourth-order valence-electron chi connectivity index (χ4n) is 3.26. The topological polar surface area (TPSA) is 36.7 Å². The van der Waals surface area contributed by atoms with Crippen LogP contribution in [0.4, 0.5) is 0 Å². The Balaban J connectivity index is 1.39. The molecule has 0 bridgehead atoms. The molecule has 0 unspecified atom stereocenters. The van der Waals surface area contributed by atoms with Crippen LogP contribution >= 0.6 is 11.3 Å². The largest absolute Gasteiger partial charge is 0.241 e. The van der Waals surface area contributed by atoms with E-state index in [1.54, 1.807) is 0 Å². The molecular weight excluding hydrogens is 288 g/mol. The van der Waals surface area contributed by atoms with Gasteiger partial charge in [-0.05, 0) is 54.5 Å². The van der Waals surface area contributed by atoms with Crippen LogP contribution in [-0.2, 0) is 6.42 Å². The third-order valence-corrected chi connectivity index (χ3v) is 5.61.